The summed E-state index contributed by atoms with van der Waals surface area (Å²) in [6.07, 6.45) is 0. The van der Waals surface area contributed by atoms with Crippen molar-refractivity contribution in [3.63, 3.8) is 0 Å². The van der Waals surface area contributed by atoms with E-state index in [9.17, 15) is 7.88 Å². The van der Waals surface area contributed by atoms with Gasteiger partial charge in [-0.1, -0.05) is 6.07 Å². The fourth-order valence-corrected chi connectivity index (χ4v) is 1.07. The van der Waals surface area contributed by atoms with Crippen molar-refractivity contribution < 1.29 is 31.5 Å². The molecule has 0 saturated heterocycles. The van der Waals surface area contributed by atoms with Gasteiger partial charge in [0.25, 0.3) is 0 Å². The average molecular weight is 263 g/mol. The van der Waals surface area contributed by atoms with Crippen LogP contribution in [-0.4, -0.2) is 0 Å². The first-order valence-electron chi connectivity index (χ1n) is 3.64. The van der Waals surface area contributed by atoms with Crippen LogP contribution in [0.5, 0.6) is 0 Å². The topological polar surface area (TPSA) is 0 Å². The van der Waals surface area contributed by atoms with Crippen LogP contribution in [0.3, 0.4) is 0 Å². The summed E-state index contributed by atoms with van der Waals surface area (Å²) in [5.41, 5.74) is 0. The molecular formula is C9H7F3Zr-. The number of fused-ring (bicyclic) bond motifs is 1. The Kier molecular flexibility index (Phi) is 4.30. The first-order chi connectivity index (χ1) is 6.20. The average Bonchev–Trinajstić information content (AvgIpc) is 2.49. The molecule has 2 aromatic carbocycles. The third kappa shape index (κ3) is 3.81. The summed E-state index contributed by atoms with van der Waals surface area (Å²) in [7, 11) is 0. The van der Waals surface area contributed by atoms with Gasteiger partial charge in [0.15, 0.2) is 0 Å². The Morgan fingerprint density at radius 1 is 1.00 bits per heavy atom. The van der Waals surface area contributed by atoms with E-state index >= 15 is 0 Å². The molecule has 0 nitrogen and oxygen atoms in total. The Morgan fingerprint density at radius 2 is 1.62 bits per heavy atom. The quantitative estimate of drug-likeness (QED) is 0.634. The van der Waals surface area contributed by atoms with Gasteiger partial charge in [0.1, 0.15) is 0 Å². The van der Waals surface area contributed by atoms with Crippen LogP contribution >= 0.6 is 0 Å². The molecule has 0 bridgehead atoms. The number of rotatable bonds is 0. The summed E-state index contributed by atoms with van der Waals surface area (Å²) in [6, 6.07) is 14.7. The van der Waals surface area contributed by atoms with Crippen LogP contribution < -0.4 is 0 Å². The normalized spacial score (nSPS) is 9.15. The molecule has 0 spiro atoms. The molecule has 0 atom stereocenters. The smallest absolute Gasteiger partial charge is 0.0809 e. The van der Waals surface area contributed by atoms with Crippen molar-refractivity contribution in [2.75, 3.05) is 0 Å². The predicted octanol–water partition coefficient (Wildman–Crippen LogP) is 3.82. The van der Waals surface area contributed by atoms with Crippen LogP contribution in [0.4, 0.5) is 7.88 Å². The second kappa shape index (κ2) is 5.28. The molecule has 0 aromatic heterocycles. The Bertz CT molecular complexity index is 323. The van der Waals surface area contributed by atoms with E-state index in [-0.39, 0.29) is 0 Å². The maximum absolute atomic E-state index is 9.86. The van der Waals surface area contributed by atoms with E-state index in [0.29, 0.717) is 0 Å². The van der Waals surface area contributed by atoms with Crippen molar-refractivity contribution in [1.29, 1.82) is 0 Å². The molecule has 0 heterocycles. The van der Waals surface area contributed by atoms with Gasteiger partial charge in [-0.05, 0) is 0 Å². The number of benzene rings is 1. The molecule has 0 N–H and O–H groups in total. The van der Waals surface area contributed by atoms with Gasteiger partial charge >= 0.3 is 31.5 Å². The summed E-state index contributed by atoms with van der Waals surface area (Å²) < 4.78 is 29.6. The summed E-state index contributed by atoms with van der Waals surface area (Å²) in [5.74, 6) is 0. The van der Waals surface area contributed by atoms with Gasteiger partial charge in [-0.3, -0.25) is 0 Å². The van der Waals surface area contributed by atoms with Crippen molar-refractivity contribution in [3.05, 3.63) is 42.5 Å². The zero-order valence-electron chi connectivity index (χ0n) is 6.68. The first-order valence-corrected chi connectivity index (χ1v) is 6.43. The van der Waals surface area contributed by atoms with Gasteiger partial charge in [0.05, 0.1) is 0 Å². The minimum Gasteiger partial charge on any atom is -0.168 e. The van der Waals surface area contributed by atoms with Crippen molar-refractivity contribution in [2.45, 2.75) is 0 Å². The maximum Gasteiger partial charge on any atom is -0.0809 e. The molecule has 0 aliphatic heterocycles. The SMILES string of the molecule is [F][Zr]([F])[F].c1ccc2[cH-]ccc2c1. The van der Waals surface area contributed by atoms with E-state index in [1.165, 1.54) is 10.8 Å². The molecule has 69 valence electrons. The van der Waals surface area contributed by atoms with Gasteiger partial charge in [-0.2, -0.15) is 17.5 Å². The molecule has 0 aliphatic rings. The first kappa shape index (κ1) is 10.6. The zero-order chi connectivity index (χ0) is 9.68. The standard InChI is InChI=1S/C9H7.3FH.Zr/c1-2-5-9-7-3-6-8(9)4-1;;;;/h1-7H;3*1H;/q-1;;;;+3/p-3. The van der Waals surface area contributed by atoms with Crippen LogP contribution in [0.25, 0.3) is 10.8 Å². The van der Waals surface area contributed by atoms with Gasteiger partial charge in [-0.25, -0.2) is 0 Å². The molecule has 4 heteroatoms. The van der Waals surface area contributed by atoms with E-state index in [4.69, 9.17) is 0 Å². The second-order valence-corrected chi connectivity index (χ2v) is 3.42. The molecular weight excluding hydrogens is 256 g/mol. The van der Waals surface area contributed by atoms with E-state index in [2.05, 4.69) is 42.5 Å². The van der Waals surface area contributed by atoms with Gasteiger partial charge < -0.3 is 0 Å². The molecule has 0 radical (unpaired) electrons. The summed E-state index contributed by atoms with van der Waals surface area (Å²) in [4.78, 5) is 0. The molecule has 0 fully saturated rings. The third-order valence-electron chi connectivity index (χ3n) is 1.55. The van der Waals surface area contributed by atoms with Crippen LogP contribution in [0, 0.1) is 0 Å². The molecule has 2 rings (SSSR count). The van der Waals surface area contributed by atoms with Crippen molar-refractivity contribution in [2.24, 2.45) is 0 Å². The minimum absolute atomic E-state index is 1.33. The monoisotopic (exact) mass is 262 g/mol. The van der Waals surface area contributed by atoms with Gasteiger partial charge in [0, 0.05) is 0 Å². The fourth-order valence-electron chi connectivity index (χ4n) is 1.07. The number of hydrogen-bond acceptors (Lipinski definition) is 0. The van der Waals surface area contributed by atoms with Crippen LogP contribution in [0.15, 0.2) is 42.5 Å². The molecule has 0 saturated carbocycles. The largest absolute Gasteiger partial charge is 0.168 e. The Hall–Kier alpha value is -0.497. The van der Waals surface area contributed by atoms with Crippen LogP contribution in [0.1, 0.15) is 0 Å². The van der Waals surface area contributed by atoms with Crippen molar-refractivity contribution in [3.8, 4) is 0 Å². The number of hydrogen-bond donors (Lipinski definition) is 0. The summed E-state index contributed by atoms with van der Waals surface area (Å²) in [6.45, 7) is 0. The summed E-state index contributed by atoms with van der Waals surface area (Å²) in [5, 5.41) is 2.66. The minimum atomic E-state index is -5.04. The van der Waals surface area contributed by atoms with Crippen LogP contribution in [0.2, 0.25) is 0 Å². The molecule has 13 heavy (non-hydrogen) atoms. The van der Waals surface area contributed by atoms with Gasteiger partial charge in [0.2, 0.25) is 0 Å². The van der Waals surface area contributed by atoms with E-state index in [1.54, 1.807) is 0 Å². The maximum atomic E-state index is 9.86. The van der Waals surface area contributed by atoms with Crippen molar-refractivity contribution >= 4 is 10.8 Å². The molecule has 2 aromatic rings. The Morgan fingerprint density at radius 3 is 2.23 bits per heavy atom. The Balaban J connectivity index is 0.000000184. The van der Waals surface area contributed by atoms with Crippen molar-refractivity contribution in [1.82, 2.24) is 0 Å². The van der Waals surface area contributed by atoms with Gasteiger partial charge in [-0.15, -0.1) is 29.7 Å². The molecule has 0 unspecified atom stereocenters. The second-order valence-electron chi connectivity index (χ2n) is 2.37. The number of halogens is 3. The zero-order valence-corrected chi connectivity index (χ0v) is 9.13. The fraction of sp³-hybridized carbons (Fsp3) is 0. The molecule has 0 amide bonds. The molecule has 0 aliphatic carbocycles. The van der Waals surface area contributed by atoms with Crippen LogP contribution in [-0.2, 0) is 23.6 Å². The van der Waals surface area contributed by atoms with E-state index in [0.717, 1.165) is 0 Å². The van der Waals surface area contributed by atoms with E-state index in [1.807, 2.05) is 0 Å². The third-order valence-corrected chi connectivity index (χ3v) is 1.55. The summed E-state index contributed by atoms with van der Waals surface area (Å²) >= 11 is -5.04. The Labute approximate surface area is 84.7 Å². The predicted molar refractivity (Wildman–Crippen MR) is 42.9 cm³/mol. The van der Waals surface area contributed by atoms with E-state index < -0.39 is 23.6 Å².